The molecule has 202 valence electrons. The smallest absolute Gasteiger partial charge is 0.318 e. The van der Waals surface area contributed by atoms with Gasteiger partial charge in [0.2, 0.25) is 0 Å². The van der Waals surface area contributed by atoms with Crippen molar-refractivity contribution < 1.29 is 9.53 Å². The highest BCUT2D eigenvalue weighted by molar-refractivity contribution is 5.87. The number of nitrogens with zero attached hydrogens (tertiary/aromatic N) is 2. The van der Waals surface area contributed by atoms with Crippen molar-refractivity contribution >= 4 is 41.6 Å². The first kappa shape index (κ1) is 30.9. The zero-order chi connectivity index (χ0) is 24.5. The lowest BCUT2D eigenvalue weighted by atomic mass is 10.00. The van der Waals surface area contributed by atoms with Gasteiger partial charge in [-0.05, 0) is 53.8 Å². The molecule has 1 unspecified atom stereocenters. The summed E-state index contributed by atoms with van der Waals surface area (Å²) in [6, 6.07) is 22.9. The van der Waals surface area contributed by atoms with Gasteiger partial charge in [0.15, 0.2) is 0 Å². The number of carbonyl (C=O) groups is 1. The average molecular weight is 548 g/mol. The van der Waals surface area contributed by atoms with Gasteiger partial charge in [-0.2, -0.15) is 0 Å². The Hall–Kier alpha value is -2.35. The maximum absolute atomic E-state index is 13.5. The number of hydrogen-bond acceptors (Lipinski definition) is 4. The second-order valence-electron chi connectivity index (χ2n) is 9.32. The molecule has 3 aromatic carbocycles. The number of morpholine rings is 1. The summed E-state index contributed by atoms with van der Waals surface area (Å²) in [5.74, 6) is 0. The number of ether oxygens (including phenoxy) is 1. The van der Waals surface area contributed by atoms with Crippen LogP contribution in [-0.4, -0.2) is 61.8 Å². The minimum Gasteiger partial charge on any atom is -0.379 e. The van der Waals surface area contributed by atoms with E-state index in [2.05, 4.69) is 71.7 Å². The minimum atomic E-state index is -0.0951. The number of nitrogens with one attached hydrogen (secondary N) is 1. The monoisotopic (exact) mass is 546 g/mol. The molecule has 0 spiro atoms. The lowest BCUT2D eigenvalue weighted by Crippen LogP contribution is -2.43. The van der Waals surface area contributed by atoms with Crippen LogP contribution in [0.5, 0.6) is 0 Å². The maximum Gasteiger partial charge on any atom is 0.318 e. The molecule has 37 heavy (non-hydrogen) atoms. The second kappa shape index (κ2) is 15.8. The number of nitrogens with two attached hydrogens (primary N) is 1. The molecule has 1 saturated heterocycles. The van der Waals surface area contributed by atoms with Crippen molar-refractivity contribution in [3.63, 3.8) is 0 Å². The molecule has 1 heterocycles. The first-order chi connectivity index (χ1) is 17.1. The van der Waals surface area contributed by atoms with Crippen LogP contribution < -0.4 is 11.1 Å². The van der Waals surface area contributed by atoms with E-state index in [1.165, 1.54) is 16.3 Å². The van der Waals surface area contributed by atoms with Crippen LogP contribution in [0.25, 0.3) is 10.8 Å². The molecule has 1 aliphatic rings. The van der Waals surface area contributed by atoms with Crippen molar-refractivity contribution in [1.29, 1.82) is 0 Å². The van der Waals surface area contributed by atoms with E-state index in [1.807, 2.05) is 17.0 Å². The standard InChI is InChI=1S/C29H38N4O2.2ClH/c1-23(27-9-4-7-26-6-2-3-8-28(26)27)31-29(34)33(17-5-16-32-18-20-35-21-19-32)22-25-12-10-24(11-13-25)14-15-30;;/h2-4,6-13,23H,5,14-22,30H2,1H3,(H,31,34);2*1H. The van der Waals surface area contributed by atoms with Crippen LogP contribution in [0.2, 0.25) is 0 Å². The molecular formula is C29H40Cl2N4O2. The Morgan fingerprint density at radius 1 is 1.00 bits per heavy atom. The summed E-state index contributed by atoms with van der Waals surface area (Å²) in [5.41, 5.74) is 9.18. The van der Waals surface area contributed by atoms with Crippen LogP contribution in [0, 0.1) is 0 Å². The maximum atomic E-state index is 13.5. The summed E-state index contributed by atoms with van der Waals surface area (Å²) in [6.07, 6.45) is 1.80. The quantitative estimate of drug-likeness (QED) is 0.367. The number of amides is 2. The third kappa shape index (κ3) is 8.87. The number of benzene rings is 3. The van der Waals surface area contributed by atoms with Gasteiger partial charge in [-0.25, -0.2) is 4.79 Å². The predicted octanol–water partition coefficient (Wildman–Crippen LogP) is 5.18. The average Bonchev–Trinajstić information content (AvgIpc) is 2.89. The third-order valence-corrected chi connectivity index (χ3v) is 6.75. The summed E-state index contributed by atoms with van der Waals surface area (Å²) in [4.78, 5) is 17.8. The van der Waals surface area contributed by atoms with E-state index in [4.69, 9.17) is 10.5 Å². The number of fused-ring (bicyclic) bond motifs is 1. The van der Waals surface area contributed by atoms with Crippen molar-refractivity contribution in [2.75, 3.05) is 45.9 Å². The largest absolute Gasteiger partial charge is 0.379 e. The number of hydrogen-bond donors (Lipinski definition) is 2. The van der Waals surface area contributed by atoms with Gasteiger partial charge < -0.3 is 20.7 Å². The van der Waals surface area contributed by atoms with Crippen molar-refractivity contribution in [2.45, 2.75) is 32.4 Å². The lowest BCUT2D eigenvalue weighted by molar-refractivity contribution is 0.0364. The topological polar surface area (TPSA) is 70.8 Å². The molecule has 0 radical (unpaired) electrons. The Balaban J connectivity index is 0.00000241. The zero-order valence-electron chi connectivity index (χ0n) is 21.6. The van der Waals surface area contributed by atoms with Crippen molar-refractivity contribution in [3.05, 3.63) is 83.4 Å². The molecule has 3 N–H and O–H groups in total. The minimum absolute atomic E-state index is 0. The summed E-state index contributed by atoms with van der Waals surface area (Å²) >= 11 is 0. The van der Waals surface area contributed by atoms with Crippen molar-refractivity contribution in [3.8, 4) is 0 Å². The molecule has 1 aliphatic heterocycles. The molecule has 2 amide bonds. The zero-order valence-corrected chi connectivity index (χ0v) is 23.2. The molecule has 8 heteroatoms. The van der Waals surface area contributed by atoms with Gasteiger partial charge >= 0.3 is 6.03 Å². The van der Waals surface area contributed by atoms with E-state index in [9.17, 15) is 4.79 Å². The predicted molar refractivity (Wildman–Crippen MR) is 157 cm³/mol. The van der Waals surface area contributed by atoms with Crippen LogP contribution in [0.4, 0.5) is 4.79 Å². The van der Waals surface area contributed by atoms with E-state index in [1.54, 1.807) is 0 Å². The fourth-order valence-corrected chi connectivity index (χ4v) is 4.74. The van der Waals surface area contributed by atoms with Gasteiger partial charge in [-0.1, -0.05) is 66.7 Å². The van der Waals surface area contributed by atoms with Gasteiger partial charge in [-0.15, -0.1) is 24.8 Å². The third-order valence-electron chi connectivity index (χ3n) is 6.75. The SMILES string of the molecule is CC(NC(=O)N(CCCN1CCOCC1)Cc1ccc(CCN)cc1)c1cccc2ccccc12.Cl.Cl. The number of rotatable bonds is 10. The summed E-state index contributed by atoms with van der Waals surface area (Å²) in [7, 11) is 0. The van der Waals surface area contributed by atoms with Crippen molar-refractivity contribution in [2.24, 2.45) is 5.73 Å². The van der Waals surface area contributed by atoms with Gasteiger partial charge in [0, 0.05) is 32.7 Å². The van der Waals surface area contributed by atoms with E-state index < -0.39 is 0 Å². The van der Waals surface area contributed by atoms with Crippen LogP contribution in [-0.2, 0) is 17.7 Å². The fourth-order valence-electron chi connectivity index (χ4n) is 4.74. The normalized spacial score (nSPS) is 14.3. The van der Waals surface area contributed by atoms with Gasteiger partial charge in [-0.3, -0.25) is 4.90 Å². The highest BCUT2D eigenvalue weighted by atomic mass is 35.5. The Morgan fingerprint density at radius 2 is 1.68 bits per heavy atom. The number of carbonyl (C=O) groups excluding carboxylic acids is 1. The Bertz CT molecular complexity index is 1090. The molecule has 1 fully saturated rings. The lowest BCUT2D eigenvalue weighted by Gasteiger charge is -2.29. The second-order valence-corrected chi connectivity index (χ2v) is 9.32. The van der Waals surface area contributed by atoms with E-state index in [0.29, 0.717) is 19.6 Å². The van der Waals surface area contributed by atoms with Crippen LogP contribution in [0.3, 0.4) is 0 Å². The van der Waals surface area contributed by atoms with E-state index in [-0.39, 0.29) is 36.9 Å². The van der Waals surface area contributed by atoms with Gasteiger partial charge in [0.05, 0.1) is 19.3 Å². The summed E-state index contributed by atoms with van der Waals surface area (Å²) in [6.45, 7) is 8.48. The molecule has 1 atom stereocenters. The molecule has 0 aliphatic carbocycles. The molecule has 0 aromatic heterocycles. The first-order valence-corrected chi connectivity index (χ1v) is 12.7. The molecule has 3 aromatic rings. The summed E-state index contributed by atoms with van der Waals surface area (Å²) in [5, 5.41) is 5.63. The Morgan fingerprint density at radius 3 is 2.41 bits per heavy atom. The van der Waals surface area contributed by atoms with Crippen LogP contribution in [0.1, 0.15) is 36.1 Å². The Kier molecular flexibility index (Phi) is 13.2. The van der Waals surface area contributed by atoms with Crippen LogP contribution >= 0.6 is 24.8 Å². The highest BCUT2D eigenvalue weighted by Gasteiger charge is 2.19. The molecule has 0 saturated carbocycles. The molecular weight excluding hydrogens is 507 g/mol. The first-order valence-electron chi connectivity index (χ1n) is 12.7. The van der Waals surface area contributed by atoms with Crippen molar-refractivity contribution in [1.82, 2.24) is 15.1 Å². The van der Waals surface area contributed by atoms with Gasteiger partial charge in [0.25, 0.3) is 0 Å². The van der Waals surface area contributed by atoms with Gasteiger partial charge in [0.1, 0.15) is 0 Å². The molecule has 4 rings (SSSR count). The number of halogens is 2. The molecule has 6 nitrogen and oxygen atoms in total. The Labute approximate surface area is 233 Å². The highest BCUT2D eigenvalue weighted by Crippen LogP contribution is 2.24. The fraction of sp³-hybridized carbons (Fsp3) is 0.414. The number of urea groups is 1. The van der Waals surface area contributed by atoms with Crippen LogP contribution in [0.15, 0.2) is 66.7 Å². The van der Waals surface area contributed by atoms with E-state index in [0.717, 1.165) is 56.8 Å². The summed E-state index contributed by atoms with van der Waals surface area (Å²) < 4.78 is 5.46. The molecule has 0 bridgehead atoms. The van der Waals surface area contributed by atoms with E-state index >= 15 is 0 Å².